The van der Waals surface area contributed by atoms with E-state index in [-0.39, 0.29) is 17.9 Å². The molecule has 3 rings (SSSR count). The number of carbonyl (C=O) groups is 1. The van der Waals surface area contributed by atoms with Gasteiger partial charge < -0.3 is 9.30 Å². The molecule has 2 aromatic rings. The second kappa shape index (κ2) is 6.04. The van der Waals surface area contributed by atoms with Gasteiger partial charge in [-0.1, -0.05) is 11.6 Å². The lowest BCUT2D eigenvalue weighted by Gasteiger charge is -2.27. The molecular weight excluding hydrogens is 407 g/mol. The lowest BCUT2D eigenvalue weighted by Crippen LogP contribution is -2.24. The maximum atomic E-state index is 11.6. The molecule has 0 atom stereocenters. The number of halogens is 2. The average molecular weight is 421 g/mol. The van der Waals surface area contributed by atoms with Crippen molar-refractivity contribution in [3.05, 3.63) is 15.3 Å². The molecule has 21 heavy (non-hydrogen) atoms. The van der Waals surface area contributed by atoms with Crippen LogP contribution in [0.5, 0.6) is 0 Å². The summed E-state index contributed by atoms with van der Waals surface area (Å²) >= 11 is 8.15. The summed E-state index contributed by atoms with van der Waals surface area (Å²) in [5, 5.41) is 0.381. The first-order chi connectivity index (χ1) is 10.1. The van der Waals surface area contributed by atoms with E-state index >= 15 is 0 Å². The van der Waals surface area contributed by atoms with E-state index in [1.165, 1.54) is 7.11 Å². The fourth-order valence-corrected chi connectivity index (χ4v) is 3.71. The Hall–Kier alpha value is -0.960. The molecule has 1 aliphatic carbocycles. The first-order valence-corrected chi connectivity index (χ1v) is 8.19. The molecule has 0 saturated heterocycles. The fourth-order valence-electron chi connectivity index (χ4n) is 2.88. The van der Waals surface area contributed by atoms with Gasteiger partial charge in [0.25, 0.3) is 0 Å². The van der Waals surface area contributed by atoms with E-state index in [9.17, 15) is 4.79 Å². The maximum Gasteiger partial charge on any atom is 0.308 e. The van der Waals surface area contributed by atoms with Gasteiger partial charge >= 0.3 is 5.97 Å². The molecule has 0 amide bonds. The second-order valence-corrected chi connectivity index (χ2v) is 6.46. The average Bonchev–Trinajstić information content (AvgIpc) is 2.90. The lowest BCUT2D eigenvalue weighted by molar-refractivity contribution is -0.146. The summed E-state index contributed by atoms with van der Waals surface area (Å²) in [5.74, 6) is -0.0942. The van der Waals surface area contributed by atoms with Crippen molar-refractivity contribution in [2.75, 3.05) is 7.11 Å². The zero-order valence-corrected chi connectivity index (χ0v) is 14.3. The van der Waals surface area contributed by atoms with Crippen LogP contribution in [0.15, 0.2) is 6.33 Å². The molecule has 1 aliphatic rings. The summed E-state index contributed by atoms with van der Waals surface area (Å²) in [7, 11) is 1.44. The van der Waals surface area contributed by atoms with E-state index in [1.807, 2.05) is 22.6 Å². The highest BCUT2D eigenvalue weighted by Gasteiger charge is 2.28. The van der Waals surface area contributed by atoms with Crippen molar-refractivity contribution in [3.8, 4) is 0 Å². The quantitative estimate of drug-likeness (QED) is 0.323. The molecule has 2 heterocycles. The van der Waals surface area contributed by atoms with E-state index in [2.05, 4.69) is 19.5 Å². The predicted octanol–water partition coefficient (Wildman–Crippen LogP) is 2.99. The Kier molecular flexibility index (Phi) is 4.30. The fraction of sp³-hybridized carbons (Fsp3) is 0.538. The second-order valence-electron chi connectivity index (χ2n) is 5.14. The molecule has 0 radical (unpaired) electrons. The first kappa shape index (κ1) is 15.0. The van der Waals surface area contributed by atoms with Crippen LogP contribution in [0.25, 0.3) is 11.2 Å². The van der Waals surface area contributed by atoms with Crippen LogP contribution in [0, 0.1) is 9.75 Å². The Labute approximate surface area is 140 Å². The third-order valence-corrected chi connectivity index (χ3v) is 4.72. The van der Waals surface area contributed by atoms with Crippen LogP contribution in [-0.4, -0.2) is 32.6 Å². The van der Waals surface area contributed by atoms with Crippen molar-refractivity contribution in [1.82, 2.24) is 19.5 Å². The van der Waals surface area contributed by atoms with Gasteiger partial charge in [0.1, 0.15) is 5.52 Å². The van der Waals surface area contributed by atoms with Crippen molar-refractivity contribution < 1.29 is 9.53 Å². The van der Waals surface area contributed by atoms with Gasteiger partial charge in [-0.2, -0.15) is 0 Å². The number of carbonyl (C=O) groups excluding carboxylic acids is 1. The van der Waals surface area contributed by atoms with E-state index in [1.54, 1.807) is 6.33 Å². The minimum atomic E-state index is -0.108. The summed E-state index contributed by atoms with van der Waals surface area (Å²) in [4.78, 5) is 24.4. The topological polar surface area (TPSA) is 69.9 Å². The van der Waals surface area contributed by atoms with Crippen molar-refractivity contribution in [2.45, 2.75) is 31.7 Å². The number of hydrogen-bond acceptors (Lipinski definition) is 5. The zero-order chi connectivity index (χ0) is 15.0. The van der Waals surface area contributed by atoms with Crippen LogP contribution < -0.4 is 0 Å². The molecule has 112 valence electrons. The summed E-state index contributed by atoms with van der Waals surface area (Å²) in [5.41, 5.74) is 1.40. The van der Waals surface area contributed by atoms with Gasteiger partial charge in [0.05, 0.1) is 19.4 Å². The molecule has 0 unspecified atom stereocenters. The van der Waals surface area contributed by atoms with Crippen LogP contribution in [-0.2, 0) is 9.53 Å². The number of hydrogen-bond donors (Lipinski definition) is 0. The van der Waals surface area contributed by atoms with Gasteiger partial charge in [0.15, 0.2) is 14.6 Å². The first-order valence-electron chi connectivity index (χ1n) is 6.73. The molecule has 0 aliphatic heterocycles. The van der Waals surface area contributed by atoms with Crippen LogP contribution in [0.2, 0.25) is 5.15 Å². The number of ether oxygens (including phenoxy) is 1. The Morgan fingerprint density at radius 2 is 2.10 bits per heavy atom. The smallest absolute Gasteiger partial charge is 0.308 e. The van der Waals surface area contributed by atoms with Crippen molar-refractivity contribution >= 4 is 51.3 Å². The van der Waals surface area contributed by atoms with Crippen molar-refractivity contribution in [3.63, 3.8) is 0 Å². The van der Waals surface area contributed by atoms with Gasteiger partial charge in [-0.05, 0) is 25.7 Å². The highest BCUT2D eigenvalue weighted by atomic mass is 127. The summed E-state index contributed by atoms with van der Waals surface area (Å²) in [6.45, 7) is 0. The number of esters is 1. The molecule has 1 saturated carbocycles. The number of rotatable bonds is 2. The third kappa shape index (κ3) is 2.85. The van der Waals surface area contributed by atoms with E-state index < -0.39 is 0 Å². The van der Waals surface area contributed by atoms with Crippen molar-refractivity contribution in [1.29, 1.82) is 0 Å². The Morgan fingerprint density at radius 1 is 1.38 bits per heavy atom. The minimum absolute atomic E-state index is 0.0133. The van der Waals surface area contributed by atoms with Gasteiger partial charge in [0, 0.05) is 28.6 Å². The molecule has 6 nitrogen and oxygen atoms in total. The number of aromatic nitrogens is 4. The van der Waals surface area contributed by atoms with E-state index in [0.717, 1.165) is 31.3 Å². The molecule has 0 bridgehead atoms. The molecular formula is C13H14ClIN4O2. The van der Waals surface area contributed by atoms with Crippen LogP contribution in [0.4, 0.5) is 0 Å². The number of imidazole rings is 1. The molecule has 0 aromatic carbocycles. The number of fused-ring (bicyclic) bond motifs is 1. The minimum Gasteiger partial charge on any atom is -0.469 e. The predicted molar refractivity (Wildman–Crippen MR) is 86.1 cm³/mol. The van der Waals surface area contributed by atoms with Crippen LogP contribution in [0.3, 0.4) is 0 Å². The molecule has 1 fully saturated rings. The number of nitrogens with zero attached hydrogens (tertiary/aromatic N) is 4. The summed E-state index contributed by atoms with van der Waals surface area (Å²) < 4.78 is 7.48. The Bertz CT molecular complexity index is 682. The Morgan fingerprint density at radius 3 is 2.76 bits per heavy atom. The van der Waals surface area contributed by atoms with Gasteiger partial charge in [0.2, 0.25) is 0 Å². The van der Waals surface area contributed by atoms with E-state index in [4.69, 9.17) is 16.3 Å². The van der Waals surface area contributed by atoms with Gasteiger partial charge in [-0.15, -0.1) is 0 Å². The highest BCUT2D eigenvalue weighted by molar-refractivity contribution is 14.1. The maximum absolute atomic E-state index is 11.6. The largest absolute Gasteiger partial charge is 0.469 e. The van der Waals surface area contributed by atoms with Crippen LogP contribution in [0.1, 0.15) is 31.7 Å². The zero-order valence-electron chi connectivity index (χ0n) is 11.4. The third-order valence-electron chi connectivity index (χ3n) is 3.98. The Balaban J connectivity index is 1.84. The summed E-state index contributed by atoms with van der Waals surface area (Å²) in [6, 6.07) is 0.290. The molecule has 8 heteroatoms. The molecule has 0 spiro atoms. The summed E-state index contributed by atoms with van der Waals surface area (Å²) in [6.07, 6.45) is 5.23. The van der Waals surface area contributed by atoms with Crippen LogP contribution >= 0.6 is 34.2 Å². The monoisotopic (exact) mass is 420 g/mol. The molecule has 0 N–H and O–H groups in total. The highest BCUT2D eigenvalue weighted by Crippen LogP contribution is 2.34. The standard InChI is InChI=1S/C13H14ClIN4O2/c1-21-12(20)7-2-4-8(5-3-7)19-6-16-9-10(14)17-13(15)18-11(9)19/h6-8H,2-5H2,1H3. The normalized spacial score (nSPS) is 22.4. The number of methoxy groups -OCH3 is 1. The molecule has 2 aromatic heterocycles. The lowest BCUT2D eigenvalue weighted by atomic mass is 9.86. The SMILES string of the molecule is COC(=O)C1CCC(n2cnc3c(Cl)nc(I)nc32)CC1. The van der Waals surface area contributed by atoms with Gasteiger partial charge in [-0.25, -0.2) is 15.0 Å². The van der Waals surface area contributed by atoms with Gasteiger partial charge in [-0.3, -0.25) is 4.79 Å². The van der Waals surface area contributed by atoms with Crippen molar-refractivity contribution in [2.24, 2.45) is 5.92 Å². The van der Waals surface area contributed by atoms with E-state index in [0.29, 0.717) is 14.5 Å².